The highest BCUT2D eigenvalue weighted by Gasteiger charge is 2.48. The second kappa shape index (κ2) is 8.93. The van der Waals surface area contributed by atoms with Crippen LogP contribution in [-0.2, 0) is 19.0 Å². The van der Waals surface area contributed by atoms with Crippen LogP contribution in [-0.4, -0.2) is 26.6 Å². The number of benzene rings is 1. The highest BCUT2D eigenvalue weighted by atomic mass is 32.2. The van der Waals surface area contributed by atoms with Gasteiger partial charge in [0.2, 0.25) is 0 Å². The Morgan fingerprint density at radius 3 is 2.43 bits per heavy atom. The largest absolute Gasteiger partial charge is 0.523 e. The van der Waals surface area contributed by atoms with Crippen LogP contribution < -0.4 is 0 Å². The first kappa shape index (κ1) is 19.5. The second-order valence-corrected chi connectivity index (χ2v) is 6.37. The van der Waals surface area contributed by atoms with Gasteiger partial charge >= 0.3 is 15.6 Å². The van der Waals surface area contributed by atoms with Crippen molar-refractivity contribution in [1.29, 1.82) is 0 Å². The SMILES string of the molecule is CCCCC(COC=Cc1ccccc1)OS(=O)(=O)C(F)(F)F. The van der Waals surface area contributed by atoms with Gasteiger partial charge < -0.3 is 4.74 Å². The zero-order valence-corrected chi connectivity index (χ0v) is 13.4. The van der Waals surface area contributed by atoms with Gasteiger partial charge in [-0.05, 0) is 18.1 Å². The van der Waals surface area contributed by atoms with Gasteiger partial charge in [0.05, 0.1) is 6.26 Å². The third-order valence-electron chi connectivity index (χ3n) is 2.86. The molecule has 0 fully saturated rings. The summed E-state index contributed by atoms with van der Waals surface area (Å²) in [6.45, 7) is 1.56. The van der Waals surface area contributed by atoms with Gasteiger partial charge in [0.25, 0.3) is 0 Å². The Hall–Kier alpha value is -1.54. The Morgan fingerprint density at radius 1 is 1.22 bits per heavy atom. The number of alkyl halides is 3. The van der Waals surface area contributed by atoms with Crippen LogP contribution in [0.1, 0.15) is 31.7 Å². The molecular formula is C15H19F3O4S. The summed E-state index contributed by atoms with van der Waals surface area (Å²) in [6, 6.07) is 9.12. The number of halogens is 3. The molecule has 0 saturated carbocycles. The van der Waals surface area contributed by atoms with Crippen molar-refractivity contribution in [2.24, 2.45) is 0 Å². The van der Waals surface area contributed by atoms with Crippen LogP contribution in [0.2, 0.25) is 0 Å². The molecule has 0 aliphatic carbocycles. The molecule has 130 valence electrons. The van der Waals surface area contributed by atoms with Crippen molar-refractivity contribution in [2.75, 3.05) is 6.61 Å². The molecule has 0 heterocycles. The first-order chi connectivity index (χ1) is 10.8. The molecule has 0 saturated heterocycles. The van der Waals surface area contributed by atoms with E-state index in [1.807, 2.05) is 37.3 Å². The highest BCUT2D eigenvalue weighted by molar-refractivity contribution is 7.87. The van der Waals surface area contributed by atoms with E-state index in [9.17, 15) is 21.6 Å². The average Bonchev–Trinajstić information content (AvgIpc) is 2.48. The fourth-order valence-corrected chi connectivity index (χ4v) is 2.30. The molecule has 0 bridgehead atoms. The summed E-state index contributed by atoms with van der Waals surface area (Å²) in [5.41, 5.74) is -4.58. The van der Waals surface area contributed by atoms with E-state index >= 15 is 0 Å². The molecule has 0 radical (unpaired) electrons. The minimum Gasteiger partial charge on any atom is -0.498 e. The molecule has 1 atom stereocenters. The number of unbranched alkanes of at least 4 members (excludes halogenated alkanes) is 1. The maximum atomic E-state index is 12.4. The molecule has 1 unspecified atom stereocenters. The number of ether oxygens (including phenoxy) is 1. The minimum absolute atomic E-state index is 0.158. The maximum absolute atomic E-state index is 12.4. The van der Waals surface area contributed by atoms with Gasteiger partial charge in [-0.3, -0.25) is 4.18 Å². The van der Waals surface area contributed by atoms with E-state index in [1.54, 1.807) is 6.08 Å². The van der Waals surface area contributed by atoms with Gasteiger partial charge in [0.1, 0.15) is 12.7 Å². The van der Waals surface area contributed by atoms with Crippen molar-refractivity contribution in [1.82, 2.24) is 0 Å². The summed E-state index contributed by atoms with van der Waals surface area (Å²) in [4.78, 5) is 0. The predicted octanol–water partition coefficient (Wildman–Crippen LogP) is 4.10. The molecule has 8 heteroatoms. The molecular weight excluding hydrogens is 333 g/mol. The Balaban J connectivity index is 2.59. The summed E-state index contributed by atoms with van der Waals surface area (Å²) in [5.74, 6) is 0. The molecule has 23 heavy (non-hydrogen) atoms. The normalized spacial score (nSPS) is 14.1. The first-order valence-corrected chi connectivity index (χ1v) is 8.50. The topological polar surface area (TPSA) is 52.6 Å². The van der Waals surface area contributed by atoms with Crippen LogP contribution in [0.15, 0.2) is 36.6 Å². The third kappa shape index (κ3) is 7.04. The van der Waals surface area contributed by atoms with Crippen LogP contribution in [0.25, 0.3) is 6.08 Å². The lowest BCUT2D eigenvalue weighted by Gasteiger charge is -2.17. The first-order valence-electron chi connectivity index (χ1n) is 7.09. The molecule has 1 aromatic carbocycles. The lowest BCUT2D eigenvalue weighted by molar-refractivity contribution is -0.0597. The van der Waals surface area contributed by atoms with Crippen molar-refractivity contribution in [3.63, 3.8) is 0 Å². The van der Waals surface area contributed by atoms with Crippen molar-refractivity contribution in [2.45, 2.75) is 37.8 Å². The van der Waals surface area contributed by atoms with E-state index in [0.717, 1.165) is 5.56 Å². The zero-order chi connectivity index (χ0) is 17.3. The van der Waals surface area contributed by atoms with Crippen molar-refractivity contribution < 1.29 is 30.5 Å². The standard InChI is InChI=1S/C15H19F3O4S/c1-2-3-9-14(22-23(19,20)15(16,17)18)12-21-11-10-13-7-5-4-6-8-13/h4-8,10-11,14H,2-3,9,12H2,1H3. The zero-order valence-electron chi connectivity index (χ0n) is 12.6. The van der Waals surface area contributed by atoms with Gasteiger partial charge in [0.15, 0.2) is 0 Å². The van der Waals surface area contributed by atoms with Crippen molar-refractivity contribution in [3.8, 4) is 0 Å². The smallest absolute Gasteiger partial charge is 0.498 e. The monoisotopic (exact) mass is 352 g/mol. The summed E-state index contributed by atoms with van der Waals surface area (Å²) in [6.07, 6.45) is 3.13. The Bertz CT molecular complexity index is 582. The molecule has 0 spiro atoms. The van der Waals surface area contributed by atoms with Crippen LogP contribution in [0.3, 0.4) is 0 Å². The predicted molar refractivity (Wildman–Crippen MR) is 80.8 cm³/mol. The lowest BCUT2D eigenvalue weighted by atomic mass is 10.2. The van der Waals surface area contributed by atoms with Crippen LogP contribution >= 0.6 is 0 Å². The third-order valence-corrected chi connectivity index (χ3v) is 3.96. The molecule has 0 amide bonds. The van der Waals surface area contributed by atoms with Gasteiger partial charge in [-0.25, -0.2) is 0 Å². The fourth-order valence-electron chi connectivity index (χ4n) is 1.68. The number of rotatable bonds is 9. The average molecular weight is 352 g/mol. The lowest BCUT2D eigenvalue weighted by Crippen LogP contribution is -2.32. The molecule has 0 aromatic heterocycles. The summed E-state index contributed by atoms with van der Waals surface area (Å²) < 4.78 is 68.6. The van der Waals surface area contributed by atoms with E-state index in [4.69, 9.17) is 4.74 Å². The molecule has 1 rings (SSSR count). The van der Waals surface area contributed by atoms with Crippen LogP contribution in [0.4, 0.5) is 13.2 Å². The second-order valence-electron chi connectivity index (χ2n) is 4.81. The van der Waals surface area contributed by atoms with Gasteiger partial charge in [-0.2, -0.15) is 21.6 Å². The van der Waals surface area contributed by atoms with Gasteiger partial charge in [-0.1, -0.05) is 50.1 Å². The number of hydrogen-bond acceptors (Lipinski definition) is 4. The number of hydrogen-bond donors (Lipinski definition) is 0. The molecule has 4 nitrogen and oxygen atoms in total. The summed E-state index contributed by atoms with van der Waals surface area (Å²) >= 11 is 0. The quantitative estimate of drug-likeness (QED) is 0.381. The van der Waals surface area contributed by atoms with Gasteiger partial charge in [0, 0.05) is 0 Å². The molecule has 0 N–H and O–H groups in total. The minimum atomic E-state index is -5.62. The van der Waals surface area contributed by atoms with Crippen LogP contribution in [0.5, 0.6) is 0 Å². The molecule has 0 aliphatic heterocycles. The van der Waals surface area contributed by atoms with Gasteiger partial charge in [-0.15, -0.1) is 0 Å². The van der Waals surface area contributed by atoms with Crippen molar-refractivity contribution >= 4 is 16.2 Å². The van der Waals surface area contributed by atoms with E-state index in [0.29, 0.717) is 12.8 Å². The van der Waals surface area contributed by atoms with E-state index in [2.05, 4.69) is 4.18 Å². The summed E-state index contributed by atoms with van der Waals surface area (Å²) in [5, 5.41) is 0. The maximum Gasteiger partial charge on any atom is 0.523 e. The van der Waals surface area contributed by atoms with E-state index in [-0.39, 0.29) is 13.0 Å². The Kier molecular flexibility index (Phi) is 7.57. The highest BCUT2D eigenvalue weighted by Crippen LogP contribution is 2.26. The Labute approximate surface area is 134 Å². The molecule has 0 aliphatic rings. The fraction of sp³-hybridized carbons (Fsp3) is 0.467. The summed E-state index contributed by atoms with van der Waals surface area (Å²) in [7, 11) is -5.62. The van der Waals surface area contributed by atoms with Crippen molar-refractivity contribution in [3.05, 3.63) is 42.2 Å². The Morgan fingerprint density at radius 2 is 1.87 bits per heavy atom. The van der Waals surface area contributed by atoms with Crippen LogP contribution in [0, 0.1) is 0 Å². The van der Waals surface area contributed by atoms with E-state index in [1.165, 1.54) is 6.26 Å². The molecule has 1 aromatic rings. The van der Waals surface area contributed by atoms with E-state index < -0.39 is 21.7 Å².